The molecule has 0 bridgehead atoms. The molecule has 0 aliphatic carbocycles. The lowest BCUT2D eigenvalue weighted by atomic mass is 9.99. The van der Waals surface area contributed by atoms with Gasteiger partial charge in [-0.2, -0.15) is 0 Å². The highest BCUT2D eigenvalue weighted by Crippen LogP contribution is 2.38. The van der Waals surface area contributed by atoms with E-state index in [4.69, 9.17) is 16.3 Å². The largest absolute Gasteiger partial charge is 0.508 e. The summed E-state index contributed by atoms with van der Waals surface area (Å²) < 4.78 is 5.47. The molecule has 0 unspecified atom stereocenters. The Bertz CT molecular complexity index is 564. The molecule has 2 aromatic rings. The number of rotatable bonds is 3. The summed E-state index contributed by atoms with van der Waals surface area (Å²) in [7, 11) is 0. The van der Waals surface area contributed by atoms with Gasteiger partial charge in [0.15, 0.2) is 0 Å². The van der Waals surface area contributed by atoms with Crippen LogP contribution in [0.1, 0.15) is 12.5 Å². The third-order valence-corrected chi connectivity index (χ3v) is 3.25. The Morgan fingerprint density at radius 3 is 2.50 bits per heavy atom. The summed E-state index contributed by atoms with van der Waals surface area (Å²) in [6.07, 6.45) is 0. The fourth-order valence-corrected chi connectivity index (χ4v) is 2.18. The van der Waals surface area contributed by atoms with Crippen molar-refractivity contribution >= 4 is 11.6 Å². The lowest BCUT2D eigenvalue weighted by Crippen LogP contribution is -1.93. The predicted octanol–water partition coefficient (Wildman–Crippen LogP) is 4.42. The number of benzene rings is 2. The first-order valence-corrected chi connectivity index (χ1v) is 6.23. The first-order chi connectivity index (χ1) is 8.65. The molecule has 0 heterocycles. The monoisotopic (exact) mass is 262 g/mol. The summed E-state index contributed by atoms with van der Waals surface area (Å²) in [6.45, 7) is 4.36. The number of phenolic OH excluding ortho intramolecular Hbond substituents is 1. The van der Waals surface area contributed by atoms with E-state index in [2.05, 4.69) is 0 Å². The molecule has 94 valence electrons. The lowest BCUT2D eigenvalue weighted by Gasteiger charge is -2.12. The van der Waals surface area contributed by atoms with Gasteiger partial charge < -0.3 is 9.84 Å². The second kappa shape index (κ2) is 5.32. The first kappa shape index (κ1) is 12.8. The van der Waals surface area contributed by atoms with Gasteiger partial charge in [0.2, 0.25) is 0 Å². The van der Waals surface area contributed by atoms with Gasteiger partial charge in [-0.3, -0.25) is 0 Å². The third-order valence-electron chi connectivity index (χ3n) is 2.86. The van der Waals surface area contributed by atoms with Crippen molar-refractivity contribution in [3.05, 3.63) is 47.0 Å². The van der Waals surface area contributed by atoms with Crippen LogP contribution in [0.15, 0.2) is 36.4 Å². The third kappa shape index (κ3) is 2.29. The minimum Gasteiger partial charge on any atom is -0.508 e. The Kier molecular flexibility index (Phi) is 3.78. The van der Waals surface area contributed by atoms with Crippen molar-refractivity contribution in [2.24, 2.45) is 0 Å². The lowest BCUT2D eigenvalue weighted by molar-refractivity contribution is 0.340. The van der Waals surface area contributed by atoms with Crippen molar-refractivity contribution in [2.75, 3.05) is 6.61 Å². The Hall–Kier alpha value is -1.67. The molecule has 0 aromatic heterocycles. The van der Waals surface area contributed by atoms with Crippen LogP contribution in [-0.4, -0.2) is 11.7 Å². The molecule has 0 fully saturated rings. The minimum absolute atomic E-state index is 0.269. The number of aromatic hydroxyl groups is 1. The molecule has 0 saturated carbocycles. The van der Waals surface area contributed by atoms with Crippen molar-refractivity contribution in [3.8, 4) is 22.6 Å². The fraction of sp³-hybridized carbons (Fsp3) is 0.200. The van der Waals surface area contributed by atoms with Gasteiger partial charge in [-0.15, -0.1) is 0 Å². The predicted molar refractivity (Wildman–Crippen MR) is 74.5 cm³/mol. The van der Waals surface area contributed by atoms with E-state index in [9.17, 15) is 5.11 Å². The zero-order valence-corrected chi connectivity index (χ0v) is 11.2. The minimum atomic E-state index is 0.269. The van der Waals surface area contributed by atoms with Gasteiger partial charge in [-0.1, -0.05) is 35.9 Å². The molecule has 2 rings (SSSR count). The topological polar surface area (TPSA) is 29.5 Å². The van der Waals surface area contributed by atoms with Crippen molar-refractivity contribution in [2.45, 2.75) is 13.8 Å². The number of phenols is 1. The van der Waals surface area contributed by atoms with Crippen molar-refractivity contribution < 1.29 is 9.84 Å². The maximum Gasteiger partial charge on any atom is 0.138 e. The zero-order valence-electron chi connectivity index (χ0n) is 10.4. The molecular formula is C15H15ClO2. The molecule has 0 saturated heterocycles. The van der Waals surface area contributed by atoms with Crippen LogP contribution in [0, 0.1) is 6.92 Å². The van der Waals surface area contributed by atoms with Crippen LogP contribution in [0.4, 0.5) is 0 Å². The molecule has 3 heteroatoms. The van der Waals surface area contributed by atoms with Crippen LogP contribution >= 0.6 is 11.6 Å². The maximum atomic E-state index is 9.75. The van der Waals surface area contributed by atoms with Crippen LogP contribution in [0.25, 0.3) is 11.1 Å². The van der Waals surface area contributed by atoms with Crippen LogP contribution < -0.4 is 4.74 Å². The van der Waals surface area contributed by atoms with Crippen molar-refractivity contribution in [3.63, 3.8) is 0 Å². The van der Waals surface area contributed by atoms with Gasteiger partial charge in [0.05, 0.1) is 11.6 Å². The van der Waals surface area contributed by atoms with E-state index >= 15 is 0 Å². The highest BCUT2D eigenvalue weighted by molar-refractivity contribution is 6.34. The molecular weight excluding hydrogens is 248 g/mol. The quantitative estimate of drug-likeness (QED) is 0.887. The average molecular weight is 263 g/mol. The first-order valence-electron chi connectivity index (χ1n) is 5.85. The van der Waals surface area contributed by atoms with Crippen LogP contribution in [0.5, 0.6) is 11.5 Å². The molecule has 0 radical (unpaired) electrons. The smallest absolute Gasteiger partial charge is 0.138 e. The van der Waals surface area contributed by atoms with Crippen LogP contribution in [0.3, 0.4) is 0 Å². The van der Waals surface area contributed by atoms with E-state index in [0.29, 0.717) is 17.4 Å². The molecule has 2 aromatic carbocycles. The highest BCUT2D eigenvalue weighted by Gasteiger charge is 2.12. The van der Waals surface area contributed by atoms with Gasteiger partial charge in [0, 0.05) is 5.56 Å². The number of halogens is 1. The Morgan fingerprint density at radius 1 is 1.11 bits per heavy atom. The van der Waals surface area contributed by atoms with E-state index in [1.165, 1.54) is 0 Å². The zero-order chi connectivity index (χ0) is 13.1. The molecule has 0 spiro atoms. The van der Waals surface area contributed by atoms with Gasteiger partial charge in [0.1, 0.15) is 11.5 Å². The Morgan fingerprint density at radius 2 is 1.78 bits per heavy atom. The maximum absolute atomic E-state index is 9.75. The van der Waals surface area contributed by atoms with Crippen molar-refractivity contribution in [1.82, 2.24) is 0 Å². The van der Waals surface area contributed by atoms with E-state index < -0.39 is 0 Å². The molecule has 0 amide bonds. The fourth-order valence-electron chi connectivity index (χ4n) is 1.90. The standard InChI is InChI=1S/C15H15ClO2/c1-3-18-14-9-5-7-12(15(14)16)11-6-4-8-13(17)10(11)2/h4-9,17H,3H2,1-2H3. The molecule has 0 aliphatic rings. The molecule has 1 N–H and O–H groups in total. The van der Waals surface area contributed by atoms with Crippen molar-refractivity contribution in [1.29, 1.82) is 0 Å². The normalized spacial score (nSPS) is 10.4. The SMILES string of the molecule is CCOc1cccc(-c2cccc(O)c2C)c1Cl. The van der Waals surface area contributed by atoms with Gasteiger partial charge in [-0.25, -0.2) is 0 Å². The van der Waals surface area contributed by atoms with Gasteiger partial charge >= 0.3 is 0 Å². The Labute approximate surface area is 112 Å². The van der Waals surface area contributed by atoms with Crippen LogP contribution in [0.2, 0.25) is 5.02 Å². The summed E-state index contributed by atoms with van der Waals surface area (Å²) in [5.41, 5.74) is 2.60. The average Bonchev–Trinajstić information content (AvgIpc) is 2.36. The number of ether oxygens (including phenoxy) is 1. The van der Waals surface area contributed by atoms with E-state index in [1.807, 2.05) is 38.1 Å². The summed E-state index contributed by atoms with van der Waals surface area (Å²) in [5, 5.41) is 10.3. The van der Waals surface area contributed by atoms with Gasteiger partial charge in [0.25, 0.3) is 0 Å². The van der Waals surface area contributed by atoms with E-state index in [0.717, 1.165) is 16.7 Å². The molecule has 0 aliphatic heterocycles. The van der Waals surface area contributed by atoms with Gasteiger partial charge in [-0.05, 0) is 37.1 Å². The summed E-state index contributed by atoms with van der Waals surface area (Å²) in [6, 6.07) is 11.1. The summed E-state index contributed by atoms with van der Waals surface area (Å²) >= 11 is 6.34. The molecule has 18 heavy (non-hydrogen) atoms. The number of hydrogen-bond acceptors (Lipinski definition) is 2. The number of hydrogen-bond donors (Lipinski definition) is 1. The van der Waals surface area contributed by atoms with Crippen LogP contribution in [-0.2, 0) is 0 Å². The summed E-state index contributed by atoms with van der Waals surface area (Å²) in [5.74, 6) is 0.935. The molecule has 2 nitrogen and oxygen atoms in total. The highest BCUT2D eigenvalue weighted by atomic mass is 35.5. The molecule has 0 atom stereocenters. The summed E-state index contributed by atoms with van der Waals surface area (Å²) in [4.78, 5) is 0. The Balaban J connectivity index is 2.57. The second-order valence-electron chi connectivity index (χ2n) is 4.00. The van der Waals surface area contributed by atoms with E-state index in [1.54, 1.807) is 12.1 Å². The van der Waals surface area contributed by atoms with E-state index in [-0.39, 0.29) is 5.75 Å². The second-order valence-corrected chi connectivity index (χ2v) is 4.38.